The molecular formula is C42H51N3O4. The molecule has 4 aromatic rings. The summed E-state index contributed by atoms with van der Waals surface area (Å²) in [6, 6.07) is 34.5. The summed E-state index contributed by atoms with van der Waals surface area (Å²) in [6.07, 6.45) is 1.11. The van der Waals surface area contributed by atoms with Gasteiger partial charge in [0.1, 0.15) is 0 Å². The standard InChI is InChI=1S/C42H51N3O4/c1-30(32-16-10-7-11-17-32)45(5)40(48)34-19-12-18-33(27-34)39(47)44-37(26-31-14-8-6-9-15-31)38(46)29-43-42(22-24-49-25-23-42)36-21-13-20-35(28-36)41(2,3)4/h6-21,27-28,30,37-38,43,46H,22-26,29H2,1-5H3,(H,44,47)/t30-,37+,38-/m1/s1. The average molecular weight is 662 g/mol. The van der Waals surface area contributed by atoms with Gasteiger partial charge >= 0.3 is 0 Å². The minimum atomic E-state index is -0.891. The molecule has 2 amide bonds. The van der Waals surface area contributed by atoms with Crippen molar-refractivity contribution in [2.24, 2.45) is 0 Å². The number of amides is 2. The van der Waals surface area contributed by atoms with Crippen LogP contribution < -0.4 is 10.6 Å². The van der Waals surface area contributed by atoms with Crippen molar-refractivity contribution >= 4 is 11.8 Å². The summed E-state index contributed by atoms with van der Waals surface area (Å²) >= 11 is 0. The van der Waals surface area contributed by atoms with Crippen molar-refractivity contribution in [1.82, 2.24) is 15.5 Å². The highest BCUT2D eigenvalue weighted by Gasteiger charge is 2.36. The zero-order valence-corrected chi connectivity index (χ0v) is 29.5. The van der Waals surface area contributed by atoms with E-state index in [2.05, 4.69) is 55.7 Å². The molecule has 1 aliphatic heterocycles. The molecule has 1 aliphatic rings. The van der Waals surface area contributed by atoms with E-state index in [0.29, 0.717) is 30.8 Å². The van der Waals surface area contributed by atoms with Gasteiger partial charge in [0, 0.05) is 43.5 Å². The van der Waals surface area contributed by atoms with Gasteiger partial charge in [-0.15, -0.1) is 0 Å². The van der Waals surface area contributed by atoms with Crippen molar-refractivity contribution in [3.8, 4) is 0 Å². The van der Waals surface area contributed by atoms with E-state index in [9.17, 15) is 14.7 Å². The third-order valence-electron chi connectivity index (χ3n) is 9.91. The number of aliphatic hydroxyl groups is 1. The number of nitrogens with zero attached hydrogens (tertiary/aromatic N) is 1. The highest BCUT2D eigenvalue weighted by Crippen LogP contribution is 2.35. The molecule has 1 fully saturated rings. The van der Waals surface area contributed by atoms with Crippen LogP contribution in [-0.2, 0) is 22.1 Å². The maximum Gasteiger partial charge on any atom is 0.254 e. The summed E-state index contributed by atoms with van der Waals surface area (Å²) in [5.74, 6) is -0.514. The first-order valence-corrected chi connectivity index (χ1v) is 17.4. The van der Waals surface area contributed by atoms with Gasteiger partial charge in [-0.05, 0) is 72.1 Å². The van der Waals surface area contributed by atoms with Crippen LogP contribution in [0.5, 0.6) is 0 Å². The second-order valence-corrected chi connectivity index (χ2v) is 14.3. The van der Waals surface area contributed by atoms with E-state index in [1.165, 1.54) is 11.1 Å². The Morgan fingerprint density at radius 3 is 2.16 bits per heavy atom. The molecular weight excluding hydrogens is 610 g/mol. The first-order valence-electron chi connectivity index (χ1n) is 17.4. The van der Waals surface area contributed by atoms with E-state index in [-0.39, 0.29) is 35.4 Å². The van der Waals surface area contributed by atoms with Crippen molar-refractivity contribution in [3.05, 3.63) is 143 Å². The predicted molar refractivity (Wildman–Crippen MR) is 196 cm³/mol. The van der Waals surface area contributed by atoms with Crippen LogP contribution in [0.2, 0.25) is 0 Å². The highest BCUT2D eigenvalue weighted by molar-refractivity contribution is 5.99. The number of aliphatic hydroxyl groups excluding tert-OH is 1. The van der Waals surface area contributed by atoms with Crippen LogP contribution in [0.4, 0.5) is 0 Å². The summed E-state index contributed by atoms with van der Waals surface area (Å²) in [7, 11) is 1.77. The minimum Gasteiger partial charge on any atom is -0.390 e. The molecule has 7 nitrogen and oxygen atoms in total. The molecule has 4 aromatic carbocycles. The smallest absolute Gasteiger partial charge is 0.254 e. The summed E-state index contributed by atoms with van der Waals surface area (Å²) in [5, 5.41) is 18.6. The molecule has 1 saturated heterocycles. The topological polar surface area (TPSA) is 90.9 Å². The van der Waals surface area contributed by atoms with Gasteiger partial charge in [0.15, 0.2) is 0 Å². The van der Waals surface area contributed by atoms with E-state index in [0.717, 1.165) is 24.0 Å². The molecule has 3 N–H and O–H groups in total. The largest absolute Gasteiger partial charge is 0.390 e. The molecule has 0 aromatic heterocycles. The van der Waals surface area contributed by atoms with Crippen LogP contribution in [0.1, 0.15) is 89.5 Å². The molecule has 258 valence electrons. The highest BCUT2D eigenvalue weighted by atomic mass is 16.5. The minimum absolute atomic E-state index is 0.00438. The number of carbonyl (C=O) groups excluding carboxylic acids is 2. The lowest BCUT2D eigenvalue weighted by molar-refractivity contribution is 0.0267. The third-order valence-corrected chi connectivity index (χ3v) is 9.91. The average Bonchev–Trinajstić information content (AvgIpc) is 3.13. The number of rotatable bonds is 12. The number of hydrogen-bond acceptors (Lipinski definition) is 5. The van der Waals surface area contributed by atoms with Crippen molar-refractivity contribution < 1.29 is 19.4 Å². The first-order chi connectivity index (χ1) is 23.5. The van der Waals surface area contributed by atoms with Gasteiger partial charge in [-0.3, -0.25) is 9.59 Å². The lowest BCUT2D eigenvalue weighted by Gasteiger charge is -2.40. The molecule has 5 rings (SSSR count). The zero-order chi connectivity index (χ0) is 35.0. The Kier molecular flexibility index (Phi) is 11.7. The first kappa shape index (κ1) is 36.0. The van der Waals surface area contributed by atoms with E-state index in [4.69, 9.17) is 4.74 Å². The van der Waals surface area contributed by atoms with Gasteiger partial charge < -0.3 is 25.4 Å². The Morgan fingerprint density at radius 2 is 1.49 bits per heavy atom. The molecule has 0 spiro atoms. The molecule has 0 radical (unpaired) electrons. The Morgan fingerprint density at radius 1 is 0.857 bits per heavy atom. The van der Waals surface area contributed by atoms with Gasteiger partial charge in [0.2, 0.25) is 0 Å². The monoisotopic (exact) mass is 661 g/mol. The van der Waals surface area contributed by atoms with Crippen molar-refractivity contribution in [3.63, 3.8) is 0 Å². The van der Waals surface area contributed by atoms with Crippen molar-refractivity contribution in [2.45, 2.75) is 76.1 Å². The second kappa shape index (κ2) is 15.9. The SMILES string of the molecule is C[C@H](c1ccccc1)N(C)C(=O)c1cccc(C(=O)N[C@@H](Cc2ccccc2)[C@H](O)CNC2(c3cccc(C(C)(C)C)c3)CCOCC2)c1. The fourth-order valence-corrected chi connectivity index (χ4v) is 6.54. The number of carbonyl (C=O) groups is 2. The fraction of sp³-hybridized carbons (Fsp3) is 0.381. The normalized spacial score (nSPS) is 16.3. The summed E-state index contributed by atoms with van der Waals surface area (Å²) in [5.41, 5.74) is 4.92. The van der Waals surface area contributed by atoms with E-state index in [1.54, 1.807) is 36.2 Å². The van der Waals surface area contributed by atoms with Gasteiger partial charge in [0.05, 0.1) is 18.2 Å². The van der Waals surface area contributed by atoms with E-state index >= 15 is 0 Å². The van der Waals surface area contributed by atoms with Crippen LogP contribution in [0.15, 0.2) is 109 Å². The molecule has 7 heteroatoms. The molecule has 0 unspecified atom stereocenters. The lowest BCUT2D eigenvalue weighted by Crippen LogP contribution is -2.54. The van der Waals surface area contributed by atoms with Crippen LogP contribution in [0.3, 0.4) is 0 Å². The van der Waals surface area contributed by atoms with Gasteiger partial charge in [-0.1, -0.05) is 112 Å². The summed E-state index contributed by atoms with van der Waals surface area (Å²) in [4.78, 5) is 29.0. The van der Waals surface area contributed by atoms with Crippen LogP contribution in [0, 0.1) is 0 Å². The molecule has 49 heavy (non-hydrogen) atoms. The second-order valence-electron chi connectivity index (χ2n) is 14.3. The number of ether oxygens (including phenoxy) is 1. The number of benzene rings is 4. The number of hydrogen-bond donors (Lipinski definition) is 3. The maximum atomic E-state index is 13.8. The van der Waals surface area contributed by atoms with Gasteiger partial charge in [0.25, 0.3) is 11.8 Å². The Labute approximate surface area is 291 Å². The number of nitrogens with one attached hydrogen (secondary N) is 2. The predicted octanol–water partition coefficient (Wildman–Crippen LogP) is 6.81. The molecule has 0 bridgehead atoms. The molecule has 0 aliphatic carbocycles. The molecule has 0 saturated carbocycles. The Bertz CT molecular complexity index is 1680. The van der Waals surface area contributed by atoms with E-state index in [1.807, 2.05) is 67.6 Å². The van der Waals surface area contributed by atoms with Gasteiger partial charge in [-0.25, -0.2) is 0 Å². The molecule has 3 atom stereocenters. The third kappa shape index (κ3) is 9.04. The fourth-order valence-electron chi connectivity index (χ4n) is 6.54. The lowest BCUT2D eigenvalue weighted by atomic mass is 9.78. The Hall–Kier alpha value is -4.30. The van der Waals surface area contributed by atoms with Gasteiger partial charge in [-0.2, -0.15) is 0 Å². The van der Waals surface area contributed by atoms with Crippen molar-refractivity contribution in [2.75, 3.05) is 26.8 Å². The zero-order valence-electron chi connectivity index (χ0n) is 29.5. The quantitative estimate of drug-likeness (QED) is 0.155. The van der Waals surface area contributed by atoms with E-state index < -0.39 is 12.1 Å². The molecule has 1 heterocycles. The van der Waals surface area contributed by atoms with Crippen LogP contribution in [0.25, 0.3) is 0 Å². The Balaban J connectivity index is 1.34. The summed E-state index contributed by atoms with van der Waals surface area (Å²) < 4.78 is 5.77. The maximum absolute atomic E-state index is 13.8. The van der Waals surface area contributed by atoms with Crippen molar-refractivity contribution in [1.29, 1.82) is 0 Å². The summed E-state index contributed by atoms with van der Waals surface area (Å²) in [6.45, 7) is 10.2. The van der Waals surface area contributed by atoms with Crippen LogP contribution >= 0.6 is 0 Å². The van der Waals surface area contributed by atoms with Crippen LogP contribution in [-0.4, -0.2) is 60.8 Å².